The predicted molar refractivity (Wildman–Crippen MR) is 84.0 cm³/mol. The fraction of sp³-hybridized carbons (Fsp3) is 0.333. The SMILES string of the molecule is CC[C@@H](Cc1ccccc1)NCc1ccc(OC)c(F)c1. The molecule has 2 aromatic rings. The lowest BCUT2D eigenvalue weighted by Gasteiger charge is -2.17. The number of methoxy groups -OCH3 is 1. The second-order valence-electron chi connectivity index (χ2n) is 5.14. The third-order valence-corrected chi connectivity index (χ3v) is 3.63. The van der Waals surface area contributed by atoms with Gasteiger partial charge in [0.2, 0.25) is 0 Å². The number of benzene rings is 2. The van der Waals surface area contributed by atoms with Gasteiger partial charge >= 0.3 is 0 Å². The molecule has 3 heteroatoms. The van der Waals surface area contributed by atoms with Gasteiger partial charge in [-0.1, -0.05) is 43.3 Å². The van der Waals surface area contributed by atoms with Crippen LogP contribution in [0.1, 0.15) is 24.5 Å². The van der Waals surface area contributed by atoms with Crippen molar-refractivity contribution in [2.45, 2.75) is 32.4 Å². The van der Waals surface area contributed by atoms with Crippen LogP contribution in [0.25, 0.3) is 0 Å². The molecule has 0 bridgehead atoms. The summed E-state index contributed by atoms with van der Waals surface area (Å²) in [5.41, 5.74) is 2.25. The smallest absolute Gasteiger partial charge is 0.165 e. The molecule has 21 heavy (non-hydrogen) atoms. The van der Waals surface area contributed by atoms with Gasteiger partial charge in [0.05, 0.1) is 7.11 Å². The summed E-state index contributed by atoms with van der Waals surface area (Å²) in [4.78, 5) is 0. The van der Waals surface area contributed by atoms with Gasteiger partial charge in [-0.15, -0.1) is 0 Å². The van der Waals surface area contributed by atoms with E-state index in [2.05, 4.69) is 36.5 Å². The summed E-state index contributed by atoms with van der Waals surface area (Å²) < 4.78 is 18.6. The lowest BCUT2D eigenvalue weighted by molar-refractivity contribution is 0.385. The van der Waals surface area contributed by atoms with E-state index in [1.807, 2.05) is 12.1 Å². The molecule has 2 rings (SSSR count). The van der Waals surface area contributed by atoms with Gasteiger partial charge in [0.1, 0.15) is 0 Å². The Kier molecular flexibility index (Phi) is 5.76. The first-order valence-electron chi connectivity index (χ1n) is 7.32. The third-order valence-electron chi connectivity index (χ3n) is 3.63. The fourth-order valence-electron chi connectivity index (χ4n) is 2.34. The Labute approximate surface area is 126 Å². The highest BCUT2D eigenvalue weighted by molar-refractivity contribution is 5.29. The molecule has 0 unspecified atom stereocenters. The second-order valence-corrected chi connectivity index (χ2v) is 5.14. The number of hydrogen-bond donors (Lipinski definition) is 1. The molecule has 0 saturated heterocycles. The molecule has 2 aromatic carbocycles. The molecule has 112 valence electrons. The van der Waals surface area contributed by atoms with Crippen LogP contribution in [0.2, 0.25) is 0 Å². The maximum Gasteiger partial charge on any atom is 0.165 e. The largest absolute Gasteiger partial charge is 0.494 e. The Bertz CT molecular complexity index is 556. The van der Waals surface area contributed by atoms with Crippen LogP contribution in [0.3, 0.4) is 0 Å². The van der Waals surface area contributed by atoms with Crippen molar-refractivity contribution in [3.8, 4) is 5.75 Å². The first kappa shape index (κ1) is 15.5. The van der Waals surface area contributed by atoms with E-state index in [9.17, 15) is 4.39 Å². The van der Waals surface area contributed by atoms with Crippen LogP contribution < -0.4 is 10.1 Å². The Hall–Kier alpha value is -1.87. The maximum atomic E-state index is 13.7. The van der Waals surface area contributed by atoms with Crippen LogP contribution in [0.4, 0.5) is 4.39 Å². The van der Waals surface area contributed by atoms with Crippen molar-refractivity contribution in [2.75, 3.05) is 7.11 Å². The molecule has 0 aromatic heterocycles. The minimum Gasteiger partial charge on any atom is -0.494 e. The van der Waals surface area contributed by atoms with Gasteiger partial charge in [-0.05, 0) is 36.1 Å². The van der Waals surface area contributed by atoms with E-state index in [1.54, 1.807) is 6.07 Å². The molecular formula is C18H22FNO. The van der Waals surface area contributed by atoms with E-state index in [-0.39, 0.29) is 11.6 Å². The van der Waals surface area contributed by atoms with Gasteiger partial charge in [-0.3, -0.25) is 0 Å². The van der Waals surface area contributed by atoms with Crippen LogP contribution in [-0.4, -0.2) is 13.2 Å². The lowest BCUT2D eigenvalue weighted by atomic mass is 10.0. The molecule has 0 heterocycles. The Morgan fingerprint density at radius 3 is 2.48 bits per heavy atom. The highest BCUT2D eigenvalue weighted by atomic mass is 19.1. The summed E-state index contributed by atoms with van der Waals surface area (Å²) in [6, 6.07) is 15.9. The standard InChI is InChI=1S/C18H22FNO/c1-3-16(11-14-7-5-4-6-8-14)20-13-15-9-10-18(21-2)17(19)12-15/h4-10,12,16,20H,3,11,13H2,1-2H3/t16-/m0/s1. The van der Waals surface area contributed by atoms with Crippen molar-refractivity contribution in [1.82, 2.24) is 5.32 Å². The zero-order valence-electron chi connectivity index (χ0n) is 12.6. The van der Waals surface area contributed by atoms with Crippen molar-refractivity contribution >= 4 is 0 Å². The van der Waals surface area contributed by atoms with Crippen molar-refractivity contribution in [1.29, 1.82) is 0 Å². The molecule has 0 amide bonds. The average Bonchev–Trinajstić information content (AvgIpc) is 2.52. The second kappa shape index (κ2) is 7.79. The highest BCUT2D eigenvalue weighted by Crippen LogP contribution is 2.17. The summed E-state index contributed by atoms with van der Waals surface area (Å²) in [5.74, 6) is -0.0250. The van der Waals surface area contributed by atoms with Gasteiger partial charge in [0, 0.05) is 12.6 Å². The molecule has 0 aliphatic heterocycles. The number of ether oxygens (including phenoxy) is 1. The zero-order valence-corrected chi connectivity index (χ0v) is 12.6. The van der Waals surface area contributed by atoms with Crippen LogP contribution in [0, 0.1) is 5.82 Å². The Balaban J connectivity index is 1.92. The molecule has 0 fully saturated rings. The number of halogens is 1. The molecule has 2 nitrogen and oxygen atoms in total. The average molecular weight is 287 g/mol. The Morgan fingerprint density at radius 1 is 1.10 bits per heavy atom. The van der Waals surface area contributed by atoms with E-state index in [0.717, 1.165) is 18.4 Å². The fourth-order valence-corrected chi connectivity index (χ4v) is 2.34. The molecule has 0 aliphatic carbocycles. The molecule has 1 atom stereocenters. The topological polar surface area (TPSA) is 21.3 Å². The van der Waals surface area contributed by atoms with Crippen LogP contribution in [-0.2, 0) is 13.0 Å². The normalized spacial score (nSPS) is 12.1. The highest BCUT2D eigenvalue weighted by Gasteiger charge is 2.08. The molecule has 0 radical (unpaired) electrons. The molecule has 0 saturated carbocycles. The summed E-state index contributed by atoms with van der Waals surface area (Å²) in [7, 11) is 1.48. The van der Waals surface area contributed by atoms with Gasteiger partial charge in [0.15, 0.2) is 11.6 Å². The maximum absolute atomic E-state index is 13.7. The molecule has 0 aliphatic rings. The van der Waals surface area contributed by atoms with E-state index in [0.29, 0.717) is 12.6 Å². The number of hydrogen-bond acceptors (Lipinski definition) is 2. The lowest BCUT2D eigenvalue weighted by Crippen LogP contribution is -2.30. The van der Waals surface area contributed by atoms with E-state index in [4.69, 9.17) is 4.74 Å². The minimum absolute atomic E-state index is 0.287. The summed E-state index contributed by atoms with van der Waals surface area (Å²) in [6.45, 7) is 2.82. The van der Waals surface area contributed by atoms with Gasteiger partial charge in [-0.2, -0.15) is 0 Å². The molecule has 0 spiro atoms. The van der Waals surface area contributed by atoms with Crippen molar-refractivity contribution in [3.63, 3.8) is 0 Å². The van der Waals surface area contributed by atoms with E-state index >= 15 is 0 Å². The molecular weight excluding hydrogens is 265 g/mol. The Morgan fingerprint density at radius 2 is 1.86 bits per heavy atom. The summed E-state index contributed by atoms with van der Waals surface area (Å²) >= 11 is 0. The number of rotatable bonds is 7. The van der Waals surface area contributed by atoms with Gasteiger partial charge < -0.3 is 10.1 Å². The van der Waals surface area contributed by atoms with E-state index in [1.165, 1.54) is 18.7 Å². The van der Waals surface area contributed by atoms with Crippen LogP contribution in [0.5, 0.6) is 5.75 Å². The van der Waals surface area contributed by atoms with Gasteiger partial charge in [-0.25, -0.2) is 4.39 Å². The van der Waals surface area contributed by atoms with Crippen LogP contribution in [0.15, 0.2) is 48.5 Å². The predicted octanol–water partition coefficient (Wildman–Crippen LogP) is 3.95. The summed E-state index contributed by atoms with van der Waals surface area (Å²) in [6.07, 6.45) is 2.02. The first-order valence-corrected chi connectivity index (χ1v) is 7.32. The van der Waals surface area contributed by atoms with E-state index < -0.39 is 0 Å². The third kappa shape index (κ3) is 4.57. The molecule has 1 N–H and O–H groups in total. The van der Waals surface area contributed by atoms with Crippen molar-refractivity contribution in [3.05, 3.63) is 65.5 Å². The quantitative estimate of drug-likeness (QED) is 0.832. The first-order chi connectivity index (χ1) is 10.2. The number of nitrogens with one attached hydrogen (secondary N) is 1. The minimum atomic E-state index is -0.312. The van der Waals surface area contributed by atoms with Crippen molar-refractivity contribution in [2.24, 2.45) is 0 Å². The van der Waals surface area contributed by atoms with Crippen LogP contribution >= 0.6 is 0 Å². The van der Waals surface area contributed by atoms with Crippen molar-refractivity contribution < 1.29 is 9.13 Å². The summed E-state index contributed by atoms with van der Waals surface area (Å²) in [5, 5.41) is 3.49. The monoisotopic (exact) mass is 287 g/mol. The zero-order chi connectivity index (χ0) is 15.1. The van der Waals surface area contributed by atoms with Gasteiger partial charge in [0.25, 0.3) is 0 Å².